The van der Waals surface area contributed by atoms with Crippen LogP contribution in [0.25, 0.3) is 0 Å². The number of anilines is 1. The zero-order valence-corrected chi connectivity index (χ0v) is 18.1. The lowest BCUT2D eigenvalue weighted by molar-refractivity contribution is 0.0824. The zero-order valence-electron chi connectivity index (χ0n) is 15.8. The maximum Gasteiger partial charge on any atom is 0.193 e. The lowest BCUT2D eigenvalue weighted by Gasteiger charge is -2.41. The van der Waals surface area contributed by atoms with Gasteiger partial charge in [-0.05, 0) is 56.3 Å². The molecule has 2 aromatic rings. The van der Waals surface area contributed by atoms with E-state index in [9.17, 15) is 0 Å². The molecule has 146 valence electrons. The molecule has 6 nitrogen and oxygen atoms in total. The van der Waals surface area contributed by atoms with E-state index in [-0.39, 0.29) is 24.0 Å². The summed E-state index contributed by atoms with van der Waals surface area (Å²) in [6.07, 6.45) is 6.96. The molecule has 4 rings (SSSR count). The molecule has 0 bridgehead atoms. The topological polar surface area (TPSA) is 71.5 Å². The van der Waals surface area contributed by atoms with Crippen LogP contribution in [0.1, 0.15) is 37.4 Å². The number of hydrogen-bond donors (Lipinski definition) is 2. The number of guanidine groups is 1. The molecule has 1 saturated carbocycles. The number of piperidine rings is 1. The number of para-hydroxylation sites is 1. The van der Waals surface area contributed by atoms with E-state index < -0.39 is 0 Å². The van der Waals surface area contributed by atoms with Crippen molar-refractivity contribution in [2.75, 3.05) is 18.4 Å². The number of hydrogen-bond acceptors (Lipinski definition) is 3. The normalized spacial score (nSPS) is 23.7. The summed E-state index contributed by atoms with van der Waals surface area (Å²) < 4.78 is 2.02. The van der Waals surface area contributed by atoms with E-state index >= 15 is 0 Å². The molecule has 27 heavy (non-hydrogen) atoms. The number of likely N-dealkylation sites (tertiary alicyclic amines) is 1. The van der Waals surface area contributed by atoms with Gasteiger partial charge >= 0.3 is 0 Å². The van der Waals surface area contributed by atoms with Gasteiger partial charge in [-0.25, -0.2) is 0 Å². The molecule has 1 aromatic carbocycles. The fraction of sp³-hybridized carbons (Fsp3) is 0.500. The quantitative estimate of drug-likeness (QED) is 0.391. The first-order chi connectivity index (χ1) is 12.7. The number of aliphatic imine (C=N–C) groups is 1. The fourth-order valence-electron chi connectivity index (χ4n) is 4.12. The molecule has 2 heterocycles. The van der Waals surface area contributed by atoms with Crippen molar-refractivity contribution in [3.63, 3.8) is 0 Å². The molecule has 0 unspecified atom stereocenters. The van der Waals surface area contributed by atoms with Gasteiger partial charge < -0.3 is 11.1 Å². The van der Waals surface area contributed by atoms with Crippen molar-refractivity contribution in [2.45, 2.75) is 37.8 Å². The Morgan fingerprint density at radius 1 is 1.22 bits per heavy atom. The number of nitrogens with one attached hydrogen (secondary N) is 1. The van der Waals surface area contributed by atoms with Gasteiger partial charge in [0.25, 0.3) is 0 Å². The smallest absolute Gasteiger partial charge is 0.193 e. The molecule has 1 aliphatic heterocycles. The van der Waals surface area contributed by atoms with Crippen LogP contribution >= 0.6 is 24.0 Å². The maximum absolute atomic E-state index is 6.13. The Morgan fingerprint density at radius 2 is 2.00 bits per heavy atom. The minimum Gasteiger partial charge on any atom is -0.370 e. The van der Waals surface area contributed by atoms with Crippen LogP contribution in [-0.2, 0) is 7.05 Å². The molecule has 0 spiro atoms. The van der Waals surface area contributed by atoms with Crippen LogP contribution < -0.4 is 11.1 Å². The van der Waals surface area contributed by atoms with E-state index in [1.165, 1.54) is 37.9 Å². The Morgan fingerprint density at radius 3 is 2.67 bits per heavy atom. The molecule has 1 aromatic heterocycles. The van der Waals surface area contributed by atoms with Gasteiger partial charge in [-0.1, -0.05) is 18.2 Å². The molecular weight excluding hydrogens is 451 g/mol. The second kappa shape index (κ2) is 9.05. The molecule has 2 atom stereocenters. The van der Waals surface area contributed by atoms with Crippen molar-refractivity contribution in [3.8, 4) is 0 Å². The van der Waals surface area contributed by atoms with Gasteiger partial charge in [0.1, 0.15) is 0 Å². The molecular formula is C20H29IN6. The summed E-state index contributed by atoms with van der Waals surface area (Å²) in [6, 6.07) is 13.2. The first kappa shape index (κ1) is 20.1. The summed E-state index contributed by atoms with van der Waals surface area (Å²) in [7, 11) is 2.04. The minimum atomic E-state index is 0. The van der Waals surface area contributed by atoms with Crippen LogP contribution in [0, 0.1) is 5.92 Å². The Hall–Kier alpha value is -1.61. The molecule has 1 aliphatic carbocycles. The average molecular weight is 480 g/mol. The van der Waals surface area contributed by atoms with Crippen molar-refractivity contribution in [3.05, 3.63) is 48.3 Å². The number of halogens is 1. The van der Waals surface area contributed by atoms with E-state index in [0.29, 0.717) is 17.9 Å². The van der Waals surface area contributed by atoms with Gasteiger partial charge in [0.05, 0.1) is 11.7 Å². The lowest BCUT2D eigenvalue weighted by atomic mass is 9.86. The molecule has 2 fully saturated rings. The van der Waals surface area contributed by atoms with Crippen LogP contribution in [0.4, 0.5) is 5.69 Å². The largest absolute Gasteiger partial charge is 0.370 e. The third kappa shape index (κ3) is 4.82. The number of nitrogens with two attached hydrogens (primary N) is 1. The number of rotatable bonds is 5. The van der Waals surface area contributed by atoms with Crippen molar-refractivity contribution in [1.82, 2.24) is 14.7 Å². The number of nitrogens with zero attached hydrogens (tertiary/aromatic N) is 4. The van der Waals surface area contributed by atoms with Gasteiger partial charge in [-0.3, -0.25) is 14.6 Å². The predicted molar refractivity (Wildman–Crippen MR) is 120 cm³/mol. The van der Waals surface area contributed by atoms with Gasteiger partial charge in [0.15, 0.2) is 5.96 Å². The van der Waals surface area contributed by atoms with Crippen molar-refractivity contribution in [1.29, 1.82) is 0 Å². The van der Waals surface area contributed by atoms with Crippen molar-refractivity contribution >= 4 is 35.6 Å². The van der Waals surface area contributed by atoms with Crippen LogP contribution in [0.5, 0.6) is 0 Å². The summed E-state index contributed by atoms with van der Waals surface area (Å²) >= 11 is 0. The van der Waals surface area contributed by atoms with E-state index in [1.807, 2.05) is 48.3 Å². The Bertz CT molecular complexity index is 755. The van der Waals surface area contributed by atoms with Crippen LogP contribution in [-0.4, -0.2) is 39.8 Å². The highest BCUT2D eigenvalue weighted by molar-refractivity contribution is 14.0. The van der Waals surface area contributed by atoms with E-state index in [2.05, 4.69) is 26.4 Å². The molecule has 0 amide bonds. The molecule has 0 radical (unpaired) electrons. The summed E-state index contributed by atoms with van der Waals surface area (Å²) in [4.78, 5) is 7.36. The Kier molecular flexibility index (Phi) is 6.75. The predicted octanol–water partition coefficient (Wildman–Crippen LogP) is 3.38. The van der Waals surface area contributed by atoms with Crippen LogP contribution in [0.15, 0.2) is 47.6 Å². The highest BCUT2D eigenvalue weighted by Crippen LogP contribution is 2.42. The SMILES string of the molecule is Cn1nccc1[C@H]1[C@H](CN=C(N)Nc2ccccc2)CCCN1C1CC1.I. The number of aryl methyl sites for hydroxylation is 1. The van der Waals surface area contributed by atoms with E-state index in [1.54, 1.807) is 0 Å². The van der Waals surface area contributed by atoms with Gasteiger partial charge in [-0.2, -0.15) is 5.10 Å². The van der Waals surface area contributed by atoms with Gasteiger partial charge in [0, 0.05) is 31.5 Å². The fourth-order valence-corrected chi connectivity index (χ4v) is 4.12. The van der Waals surface area contributed by atoms with Gasteiger partial charge in [-0.15, -0.1) is 24.0 Å². The first-order valence-electron chi connectivity index (χ1n) is 9.58. The van der Waals surface area contributed by atoms with Gasteiger partial charge in [0.2, 0.25) is 0 Å². The van der Waals surface area contributed by atoms with Crippen LogP contribution in [0.3, 0.4) is 0 Å². The highest BCUT2D eigenvalue weighted by atomic mass is 127. The van der Waals surface area contributed by atoms with Crippen molar-refractivity contribution in [2.24, 2.45) is 23.7 Å². The third-order valence-electron chi connectivity index (χ3n) is 5.52. The molecule has 1 saturated heterocycles. The maximum atomic E-state index is 6.13. The van der Waals surface area contributed by atoms with E-state index in [4.69, 9.17) is 5.73 Å². The zero-order chi connectivity index (χ0) is 17.9. The van der Waals surface area contributed by atoms with E-state index in [0.717, 1.165) is 18.3 Å². The second-order valence-corrected chi connectivity index (χ2v) is 7.41. The lowest BCUT2D eigenvalue weighted by Crippen LogP contribution is -2.42. The minimum absolute atomic E-state index is 0. The third-order valence-corrected chi connectivity index (χ3v) is 5.52. The summed E-state index contributed by atoms with van der Waals surface area (Å²) in [5.41, 5.74) is 8.40. The monoisotopic (exact) mass is 480 g/mol. The van der Waals surface area contributed by atoms with Crippen LogP contribution in [0.2, 0.25) is 0 Å². The molecule has 3 N–H and O–H groups in total. The Labute approximate surface area is 178 Å². The standard InChI is InChI=1S/C20H28N6.HI/c1-25-18(11-12-23-25)19-15(6-5-13-26(19)17-9-10-17)14-22-20(21)24-16-7-3-2-4-8-16;/h2-4,7-8,11-12,15,17,19H,5-6,9-10,13-14H2,1H3,(H3,21,22,24);1H/t15-,19+;/m0./s1. The summed E-state index contributed by atoms with van der Waals surface area (Å²) in [6.45, 7) is 1.92. The summed E-state index contributed by atoms with van der Waals surface area (Å²) in [5.74, 6) is 0.958. The number of benzene rings is 1. The van der Waals surface area contributed by atoms with Crippen molar-refractivity contribution < 1.29 is 0 Å². The number of aromatic nitrogens is 2. The Balaban J connectivity index is 0.00000210. The average Bonchev–Trinajstić information content (AvgIpc) is 3.42. The second-order valence-electron chi connectivity index (χ2n) is 7.41. The molecule has 7 heteroatoms. The molecule has 2 aliphatic rings. The summed E-state index contributed by atoms with van der Waals surface area (Å²) in [5, 5.41) is 7.59. The first-order valence-corrected chi connectivity index (χ1v) is 9.58. The highest BCUT2D eigenvalue weighted by Gasteiger charge is 2.41.